The van der Waals surface area contributed by atoms with Crippen LogP contribution in [-0.4, -0.2) is 0 Å². The van der Waals surface area contributed by atoms with Crippen molar-refractivity contribution in [2.75, 3.05) is 4.90 Å². The Bertz CT molecular complexity index is 2960. The monoisotopic (exact) mass is 699 g/mol. The number of fused-ring (bicyclic) bond motifs is 4. The molecule has 10 aromatic rings. The van der Waals surface area contributed by atoms with Gasteiger partial charge in [0.25, 0.3) is 0 Å². The molecule has 0 saturated heterocycles. The molecular formula is C54H37N. The third-order valence-corrected chi connectivity index (χ3v) is 10.9. The number of hydrogen-bond acceptors (Lipinski definition) is 1. The van der Waals surface area contributed by atoms with Crippen LogP contribution in [-0.2, 0) is 0 Å². The minimum Gasteiger partial charge on any atom is -0.309 e. The molecule has 10 aromatic carbocycles. The molecule has 10 rings (SSSR count). The number of nitrogens with zero attached hydrogens (tertiary/aromatic N) is 1. The van der Waals surface area contributed by atoms with Gasteiger partial charge >= 0.3 is 0 Å². The van der Waals surface area contributed by atoms with Gasteiger partial charge in [-0.2, -0.15) is 0 Å². The predicted octanol–water partition coefficient (Wildman–Crippen LogP) is 15.3. The average Bonchev–Trinajstić information content (AvgIpc) is 3.27. The van der Waals surface area contributed by atoms with Crippen molar-refractivity contribution in [1.82, 2.24) is 0 Å². The van der Waals surface area contributed by atoms with Gasteiger partial charge in [-0.1, -0.05) is 194 Å². The molecule has 1 heteroatoms. The first-order valence-electron chi connectivity index (χ1n) is 18.9. The second-order valence-electron chi connectivity index (χ2n) is 14.1. The maximum atomic E-state index is 2.47. The average molecular weight is 700 g/mol. The SMILES string of the molecule is c1ccc(-c2ccc(-c3ccccc3)c(N(c3ccc(-c4cc5ccccc5c5ccccc45)cc3)c3ccccc3-c3cccc4ccccc34)c2)cc1. The first-order valence-corrected chi connectivity index (χ1v) is 18.9. The molecule has 258 valence electrons. The van der Waals surface area contributed by atoms with Crippen molar-refractivity contribution in [1.29, 1.82) is 0 Å². The molecule has 55 heavy (non-hydrogen) atoms. The summed E-state index contributed by atoms with van der Waals surface area (Å²) in [5, 5.41) is 7.52. The largest absolute Gasteiger partial charge is 0.309 e. The third-order valence-electron chi connectivity index (χ3n) is 10.9. The second-order valence-corrected chi connectivity index (χ2v) is 14.1. The molecule has 0 bridgehead atoms. The molecule has 0 aliphatic rings. The van der Waals surface area contributed by atoms with E-state index in [4.69, 9.17) is 0 Å². The Morgan fingerprint density at radius 1 is 0.236 bits per heavy atom. The summed E-state index contributed by atoms with van der Waals surface area (Å²) in [5.74, 6) is 0. The fourth-order valence-corrected chi connectivity index (χ4v) is 8.24. The molecule has 0 aliphatic carbocycles. The Balaban J connectivity index is 1.22. The minimum atomic E-state index is 1.09. The van der Waals surface area contributed by atoms with E-state index in [1.165, 1.54) is 71.3 Å². The van der Waals surface area contributed by atoms with Crippen molar-refractivity contribution in [3.63, 3.8) is 0 Å². The van der Waals surface area contributed by atoms with Crippen LogP contribution in [0, 0.1) is 0 Å². The van der Waals surface area contributed by atoms with E-state index >= 15 is 0 Å². The van der Waals surface area contributed by atoms with Crippen molar-refractivity contribution in [2.45, 2.75) is 0 Å². The molecule has 0 amide bonds. The first-order chi connectivity index (χ1) is 27.3. The summed E-state index contributed by atoms with van der Waals surface area (Å²) in [6.45, 7) is 0. The van der Waals surface area contributed by atoms with Crippen molar-refractivity contribution < 1.29 is 0 Å². The van der Waals surface area contributed by atoms with Crippen LogP contribution in [0.3, 0.4) is 0 Å². The van der Waals surface area contributed by atoms with Gasteiger partial charge in [-0.25, -0.2) is 0 Å². The zero-order valence-electron chi connectivity index (χ0n) is 30.3. The van der Waals surface area contributed by atoms with E-state index in [2.05, 4.69) is 229 Å². The molecule has 0 radical (unpaired) electrons. The van der Waals surface area contributed by atoms with Crippen LogP contribution in [0.1, 0.15) is 0 Å². The van der Waals surface area contributed by atoms with E-state index in [1.54, 1.807) is 0 Å². The van der Waals surface area contributed by atoms with Crippen LogP contribution in [0.25, 0.3) is 76.8 Å². The summed E-state index contributed by atoms with van der Waals surface area (Å²) in [6, 6.07) is 81.5. The Kier molecular flexibility index (Phi) is 8.24. The molecule has 0 atom stereocenters. The molecule has 0 aromatic heterocycles. The molecule has 0 unspecified atom stereocenters. The number of anilines is 3. The maximum absolute atomic E-state index is 2.47. The summed E-state index contributed by atoms with van der Waals surface area (Å²) in [5.41, 5.74) is 12.8. The van der Waals surface area contributed by atoms with Gasteiger partial charge in [0, 0.05) is 16.8 Å². The van der Waals surface area contributed by atoms with Crippen LogP contribution >= 0.6 is 0 Å². The van der Waals surface area contributed by atoms with Crippen molar-refractivity contribution in [3.05, 3.63) is 224 Å². The summed E-state index contributed by atoms with van der Waals surface area (Å²) in [4.78, 5) is 2.47. The van der Waals surface area contributed by atoms with E-state index in [1.807, 2.05) is 0 Å². The molecule has 0 saturated carbocycles. The molecular weight excluding hydrogens is 663 g/mol. The minimum absolute atomic E-state index is 1.09. The highest BCUT2D eigenvalue weighted by Crippen LogP contribution is 2.47. The summed E-state index contributed by atoms with van der Waals surface area (Å²) in [7, 11) is 0. The maximum Gasteiger partial charge on any atom is 0.0546 e. The lowest BCUT2D eigenvalue weighted by atomic mass is 9.92. The van der Waals surface area contributed by atoms with Crippen LogP contribution < -0.4 is 4.90 Å². The first kappa shape index (κ1) is 32.4. The lowest BCUT2D eigenvalue weighted by Gasteiger charge is -2.31. The highest BCUT2D eigenvalue weighted by molar-refractivity contribution is 6.14. The zero-order valence-corrected chi connectivity index (χ0v) is 30.3. The summed E-state index contributed by atoms with van der Waals surface area (Å²) in [6.07, 6.45) is 0. The van der Waals surface area contributed by atoms with Crippen molar-refractivity contribution in [3.8, 4) is 44.5 Å². The summed E-state index contributed by atoms with van der Waals surface area (Å²) >= 11 is 0. The molecule has 0 aliphatic heterocycles. The molecule has 0 spiro atoms. The van der Waals surface area contributed by atoms with Crippen LogP contribution in [0.2, 0.25) is 0 Å². The number of para-hydroxylation sites is 1. The fraction of sp³-hybridized carbons (Fsp3) is 0. The van der Waals surface area contributed by atoms with E-state index < -0.39 is 0 Å². The number of hydrogen-bond donors (Lipinski definition) is 0. The van der Waals surface area contributed by atoms with E-state index in [0.717, 1.165) is 22.6 Å². The highest BCUT2D eigenvalue weighted by atomic mass is 15.1. The van der Waals surface area contributed by atoms with Crippen LogP contribution in [0.4, 0.5) is 17.1 Å². The van der Waals surface area contributed by atoms with Crippen LogP contribution in [0.5, 0.6) is 0 Å². The number of benzene rings is 10. The number of rotatable bonds is 7. The second kappa shape index (κ2) is 14.0. The van der Waals surface area contributed by atoms with Crippen molar-refractivity contribution in [2.24, 2.45) is 0 Å². The Morgan fingerprint density at radius 2 is 0.782 bits per heavy atom. The normalized spacial score (nSPS) is 11.3. The Hall–Kier alpha value is -7.22. The van der Waals surface area contributed by atoms with E-state index in [-0.39, 0.29) is 0 Å². The van der Waals surface area contributed by atoms with Gasteiger partial charge < -0.3 is 4.90 Å². The van der Waals surface area contributed by atoms with Gasteiger partial charge in [0.1, 0.15) is 0 Å². The van der Waals surface area contributed by atoms with Gasteiger partial charge in [-0.05, 0) is 96.0 Å². The van der Waals surface area contributed by atoms with Gasteiger partial charge in [-0.3, -0.25) is 0 Å². The van der Waals surface area contributed by atoms with Gasteiger partial charge in [0.15, 0.2) is 0 Å². The lowest BCUT2D eigenvalue weighted by Crippen LogP contribution is -2.13. The van der Waals surface area contributed by atoms with Crippen molar-refractivity contribution >= 4 is 49.4 Å². The smallest absolute Gasteiger partial charge is 0.0546 e. The van der Waals surface area contributed by atoms with Gasteiger partial charge in [-0.15, -0.1) is 0 Å². The topological polar surface area (TPSA) is 3.24 Å². The standard InChI is InChI=1S/C54H37N/c1-3-16-38(17-4-1)42-32-35-47(40-18-5-2-6-19-40)54(37-42)55(53-29-14-13-27-51(53)49-28-15-22-39-20-7-9-23-45(39)49)44-33-30-41(31-34-44)52-36-43-21-8-10-24-46(43)48-25-11-12-26-50(48)52/h1-37H. The third kappa shape index (κ3) is 5.93. The predicted molar refractivity (Wildman–Crippen MR) is 235 cm³/mol. The summed E-state index contributed by atoms with van der Waals surface area (Å²) < 4.78 is 0. The van der Waals surface area contributed by atoms with E-state index in [9.17, 15) is 0 Å². The Morgan fingerprint density at radius 3 is 1.56 bits per heavy atom. The fourth-order valence-electron chi connectivity index (χ4n) is 8.24. The highest BCUT2D eigenvalue weighted by Gasteiger charge is 2.22. The molecule has 0 heterocycles. The molecule has 1 nitrogen and oxygen atoms in total. The van der Waals surface area contributed by atoms with E-state index in [0.29, 0.717) is 0 Å². The quantitative estimate of drug-likeness (QED) is 0.150. The van der Waals surface area contributed by atoms with Gasteiger partial charge in [0.05, 0.1) is 11.4 Å². The van der Waals surface area contributed by atoms with Gasteiger partial charge in [0.2, 0.25) is 0 Å². The molecule has 0 fully saturated rings. The molecule has 0 N–H and O–H groups in total. The van der Waals surface area contributed by atoms with Crippen LogP contribution in [0.15, 0.2) is 224 Å². The zero-order chi connectivity index (χ0) is 36.6. The lowest BCUT2D eigenvalue weighted by molar-refractivity contribution is 1.28. The Labute approximate surface area is 322 Å².